The van der Waals surface area contributed by atoms with Crippen LogP contribution in [0.3, 0.4) is 0 Å². The van der Waals surface area contributed by atoms with Crippen LogP contribution < -0.4 is 0 Å². The molecule has 0 aromatic rings. The zero-order chi connectivity index (χ0) is 8.39. The lowest BCUT2D eigenvalue weighted by molar-refractivity contribution is -0.115. The molecule has 0 amide bonds. The van der Waals surface area contributed by atoms with Crippen molar-refractivity contribution in [1.29, 1.82) is 0 Å². The van der Waals surface area contributed by atoms with E-state index in [0.29, 0.717) is 6.42 Å². The number of ketones is 1. The van der Waals surface area contributed by atoms with Crippen molar-refractivity contribution in [3.8, 4) is 0 Å². The van der Waals surface area contributed by atoms with Crippen LogP contribution in [0.15, 0.2) is 40.6 Å². The van der Waals surface area contributed by atoms with Crippen molar-refractivity contribution in [2.75, 3.05) is 0 Å². The summed E-state index contributed by atoms with van der Waals surface area (Å²) in [5, 5.41) is 0. The van der Waals surface area contributed by atoms with Crippen LogP contribution in [0.2, 0.25) is 0 Å². The minimum Gasteiger partial charge on any atom is -0.294 e. The SMILES string of the molecule is O=C1CCC=C2N=CC=CC=C12. The summed E-state index contributed by atoms with van der Waals surface area (Å²) in [6, 6.07) is 0. The minimum absolute atomic E-state index is 0.205. The lowest BCUT2D eigenvalue weighted by Crippen LogP contribution is -2.08. The number of fused-ring (bicyclic) bond motifs is 1. The fourth-order valence-electron chi connectivity index (χ4n) is 1.35. The first-order valence-electron chi connectivity index (χ1n) is 4.03. The van der Waals surface area contributed by atoms with Crippen molar-refractivity contribution in [3.05, 3.63) is 35.6 Å². The van der Waals surface area contributed by atoms with Gasteiger partial charge in [0.2, 0.25) is 0 Å². The maximum atomic E-state index is 11.4. The van der Waals surface area contributed by atoms with Crippen molar-refractivity contribution in [2.45, 2.75) is 12.8 Å². The lowest BCUT2D eigenvalue weighted by Gasteiger charge is -2.10. The quantitative estimate of drug-likeness (QED) is 0.530. The van der Waals surface area contributed by atoms with Gasteiger partial charge in [0.05, 0.1) is 5.70 Å². The van der Waals surface area contributed by atoms with E-state index in [4.69, 9.17) is 0 Å². The predicted octanol–water partition coefficient (Wildman–Crippen LogP) is 1.80. The van der Waals surface area contributed by atoms with Gasteiger partial charge in [-0.1, -0.05) is 12.2 Å². The Balaban J connectivity index is 2.48. The molecule has 2 rings (SSSR count). The maximum Gasteiger partial charge on any atom is 0.165 e. The molecule has 1 heterocycles. The summed E-state index contributed by atoms with van der Waals surface area (Å²) < 4.78 is 0. The molecule has 2 heteroatoms. The molecular weight excluding hydrogens is 150 g/mol. The highest BCUT2D eigenvalue weighted by Crippen LogP contribution is 2.22. The van der Waals surface area contributed by atoms with Gasteiger partial charge >= 0.3 is 0 Å². The first kappa shape index (κ1) is 7.22. The molecule has 2 nitrogen and oxygen atoms in total. The Morgan fingerprint density at radius 3 is 3.17 bits per heavy atom. The van der Waals surface area contributed by atoms with Crippen LogP contribution in [-0.4, -0.2) is 12.0 Å². The molecular formula is C10H9NO. The highest BCUT2D eigenvalue weighted by Gasteiger charge is 2.17. The number of allylic oxidation sites excluding steroid dienone is 5. The number of carbonyl (C=O) groups is 1. The van der Waals surface area contributed by atoms with Gasteiger partial charge < -0.3 is 0 Å². The summed E-state index contributed by atoms with van der Waals surface area (Å²) >= 11 is 0. The molecule has 1 aliphatic heterocycles. The summed E-state index contributed by atoms with van der Waals surface area (Å²) in [7, 11) is 0. The van der Waals surface area contributed by atoms with E-state index in [1.54, 1.807) is 6.21 Å². The largest absolute Gasteiger partial charge is 0.294 e. The number of aliphatic imine (C=N–C) groups is 1. The number of hydrogen-bond donors (Lipinski definition) is 0. The van der Waals surface area contributed by atoms with Crippen LogP contribution in [-0.2, 0) is 4.79 Å². The lowest BCUT2D eigenvalue weighted by atomic mass is 9.97. The first-order chi connectivity index (χ1) is 5.88. The second-order valence-corrected chi connectivity index (χ2v) is 2.79. The summed E-state index contributed by atoms with van der Waals surface area (Å²) in [5.74, 6) is 0.205. The Morgan fingerprint density at radius 1 is 1.33 bits per heavy atom. The Morgan fingerprint density at radius 2 is 2.25 bits per heavy atom. The highest BCUT2D eigenvalue weighted by atomic mass is 16.1. The van der Waals surface area contributed by atoms with E-state index in [9.17, 15) is 4.79 Å². The van der Waals surface area contributed by atoms with Gasteiger partial charge in [-0.25, -0.2) is 0 Å². The van der Waals surface area contributed by atoms with Gasteiger partial charge in [0, 0.05) is 18.2 Å². The average Bonchev–Trinajstić information content (AvgIpc) is 2.30. The summed E-state index contributed by atoms with van der Waals surface area (Å²) in [6.45, 7) is 0. The molecule has 0 saturated heterocycles. The first-order valence-corrected chi connectivity index (χ1v) is 4.03. The monoisotopic (exact) mass is 159 g/mol. The average molecular weight is 159 g/mol. The van der Waals surface area contributed by atoms with Crippen LogP contribution in [0.4, 0.5) is 0 Å². The van der Waals surface area contributed by atoms with Crippen LogP contribution in [0.25, 0.3) is 0 Å². The molecule has 2 aliphatic rings. The van der Waals surface area contributed by atoms with E-state index < -0.39 is 0 Å². The van der Waals surface area contributed by atoms with Gasteiger partial charge in [-0.3, -0.25) is 9.79 Å². The van der Waals surface area contributed by atoms with Crippen molar-refractivity contribution >= 4 is 12.0 Å². The van der Waals surface area contributed by atoms with Crippen LogP contribution >= 0.6 is 0 Å². The molecule has 0 aromatic heterocycles. The predicted molar refractivity (Wildman–Crippen MR) is 48.0 cm³/mol. The highest BCUT2D eigenvalue weighted by molar-refractivity contribution is 6.01. The molecule has 0 fully saturated rings. The number of rotatable bonds is 0. The van der Waals surface area contributed by atoms with Gasteiger partial charge in [-0.05, 0) is 18.6 Å². The summed E-state index contributed by atoms with van der Waals surface area (Å²) in [4.78, 5) is 15.5. The molecule has 1 aliphatic carbocycles. The molecule has 60 valence electrons. The van der Waals surface area contributed by atoms with Crippen LogP contribution in [0, 0.1) is 0 Å². The normalized spacial score (nSPS) is 21.2. The van der Waals surface area contributed by atoms with Gasteiger partial charge in [0.15, 0.2) is 5.78 Å². The standard InChI is InChI=1S/C10H9NO/c12-10-6-3-5-9-8(10)4-1-2-7-11-9/h1-2,4-5,7H,3,6H2. The van der Waals surface area contributed by atoms with Crippen LogP contribution in [0.5, 0.6) is 0 Å². The van der Waals surface area contributed by atoms with Gasteiger partial charge in [-0.2, -0.15) is 0 Å². The summed E-state index contributed by atoms with van der Waals surface area (Å²) in [6.07, 6.45) is 10.7. The van der Waals surface area contributed by atoms with E-state index in [1.165, 1.54) is 0 Å². The van der Waals surface area contributed by atoms with E-state index in [0.717, 1.165) is 17.7 Å². The van der Waals surface area contributed by atoms with Crippen molar-refractivity contribution in [2.24, 2.45) is 4.99 Å². The zero-order valence-electron chi connectivity index (χ0n) is 6.66. The third-order valence-corrected chi connectivity index (χ3v) is 1.96. The molecule has 0 unspecified atom stereocenters. The zero-order valence-corrected chi connectivity index (χ0v) is 6.66. The molecule has 0 atom stereocenters. The minimum atomic E-state index is 0.205. The van der Waals surface area contributed by atoms with Gasteiger partial charge in [-0.15, -0.1) is 0 Å². The molecule has 0 bridgehead atoms. The molecule has 12 heavy (non-hydrogen) atoms. The van der Waals surface area contributed by atoms with E-state index in [2.05, 4.69) is 4.99 Å². The second-order valence-electron chi connectivity index (χ2n) is 2.79. The van der Waals surface area contributed by atoms with Crippen molar-refractivity contribution in [1.82, 2.24) is 0 Å². The molecule has 0 N–H and O–H groups in total. The van der Waals surface area contributed by atoms with Crippen molar-refractivity contribution in [3.63, 3.8) is 0 Å². The third-order valence-electron chi connectivity index (χ3n) is 1.96. The van der Waals surface area contributed by atoms with E-state index in [-0.39, 0.29) is 5.78 Å². The fourth-order valence-corrected chi connectivity index (χ4v) is 1.35. The van der Waals surface area contributed by atoms with Gasteiger partial charge in [0.1, 0.15) is 0 Å². The van der Waals surface area contributed by atoms with Gasteiger partial charge in [0.25, 0.3) is 0 Å². The second kappa shape index (κ2) is 2.89. The fraction of sp³-hybridized carbons (Fsp3) is 0.200. The topological polar surface area (TPSA) is 29.4 Å². The Kier molecular flexibility index (Phi) is 1.74. The van der Waals surface area contributed by atoms with E-state index >= 15 is 0 Å². The number of hydrogen-bond acceptors (Lipinski definition) is 2. The van der Waals surface area contributed by atoms with Crippen molar-refractivity contribution < 1.29 is 4.79 Å². The Hall–Kier alpha value is -1.44. The summed E-state index contributed by atoms with van der Waals surface area (Å²) in [5.41, 5.74) is 1.59. The maximum absolute atomic E-state index is 11.4. The van der Waals surface area contributed by atoms with E-state index in [1.807, 2.05) is 24.3 Å². The molecule has 0 aromatic carbocycles. The molecule has 0 saturated carbocycles. The molecule has 0 radical (unpaired) electrons. The number of Topliss-reactive ketones (excluding diaryl/α,β-unsaturated/α-hetero) is 1. The third kappa shape index (κ3) is 1.16. The number of carbonyl (C=O) groups excluding carboxylic acids is 1. The number of nitrogens with zero attached hydrogens (tertiary/aromatic N) is 1. The van der Waals surface area contributed by atoms with Crippen LogP contribution in [0.1, 0.15) is 12.8 Å². The molecule has 0 spiro atoms. The Bertz CT molecular complexity index is 332. The smallest absolute Gasteiger partial charge is 0.165 e. The Labute approximate surface area is 71.0 Å².